The summed E-state index contributed by atoms with van der Waals surface area (Å²) in [5.41, 5.74) is 9.72. The second-order valence-electron chi connectivity index (χ2n) is 7.65. The second-order valence-corrected chi connectivity index (χ2v) is 9.33. The van der Waals surface area contributed by atoms with Gasteiger partial charge in [0.1, 0.15) is 10.8 Å². The Morgan fingerprint density at radius 2 is 2.12 bits per heavy atom. The Kier molecular flexibility index (Phi) is 6.13. The van der Waals surface area contributed by atoms with Crippen molar-refractivity contribution in [2.45, 2.75) is 12.5 Å². The number of aromatic nitrogens is 4. The minimum absolute atomic E-state index is 0.280. The lowest BCUT2D eigenvalue weighted by Gasteiger charge is -2.28. The van der Waals surface area contributed by atoms with Crippen molar-refractivity contribution in [3.63, 3.8) is 0 Å². The molecule has 1 atom stereocenters. The minimum atomic E-state index is -0.699. The topological polar surface area (TPSA) is 131 Å². The summed E-state index contributed by atoms with van der Waals surface area (Å²) < 4.78 is 1.72. The SMILES string of the molecule is N[C@H](Cc1cscn1)C(=O)Nc1cccc(-c2nn3c(N4CCNCC4)cc(=O)nc3s2)c1. The van der Waals surface area contributed by atoms with Crippen LogP contribution in [0.1, 0.15) is 5.69 Å². The number of piperazine rings is 1. The van der Waals surface area contributed by atoms with E-state index in [9.17, 15) is 9.59 Å². The van der Waals surface area contributed by atoms with Crippen molar-refractivity contribution >= 4 is 45.0 Å². The van der Waals surface area contributed by atoms with Gasteiger partial charge in [0.15, 0.2) is 0 Å². The molecule has 1 aliphatic rings. The van der Waals surface area contributed by atoms with Gasteiger partial charge >= 0.3 is 0 Å². The number of hydrogen-bond acceptors (Lipinski definition) is 10. The van der Waals surface area contributed by atoms with E-state index in [1.807, 2.05) is 23.6 Å². The monoisotopic (exact) mass is 482 g/mol. The number of amides is 1. The van der Waals surface area contributed by atoms with Gasteiger partial charge in [-0.05, 0) is 12.1 Å². The van der Waals surface area contributed by atoms with Crippen molar-refractivity contribution in [1.29, 1.82) is 0 Å². The second kappa shape index (κ2) is 9.35. The van der Waals surface area contributed by atoms with Gasteiger partial charge in [0.2, 0.25) is 10.9 Å². The van der Waals surface area contributed by atoms with Gasteiger partial charge in [-0.3, -0.25) is 9.59 Å². The van der Waals surface area contributed by atoms with Crippen molar-refractivity contribution in [2.75, 3.05) is 36.4 Å². The number of benzene rings is 1. The molecule has 0 spiro atoms. The lowest BCUT2D eigenvalue weighted by atomic mass is 10.1. The fraction of sp³-hybridized carbons (Fsp3) is 0.286. The summed E-state index contributed by atoms with van der Waals surface area (Å²) >= 11 is 2.81. The maximum atomic E-state index is 12.6. The van der Waals surface area contributed by atoms with E-state index in [0.717, 1.165) is 43.3 Å². The Labute approximate surface area is 197 Å². The van der Waals surface area contributed by atoms with E-state index in [2.05, 4.69) is 25.5 Å². The van der Waals surface area contributed by atoms with Crippen LogP contribution in [0.3, 0.4) is 0 Å². The van der Waals surface area contributed by atoms with Crippen LogP contribution in [0.5, 0.6) is 0 Å². The molecule has 10 nitrogen and oxygen atoms in total. The number of fused-ring (bicyclic) bond motifs is 1. The molecule has 0 aliphatic carbocycles. The number of nitrogens with two attached hydrogens (primary N) is 1. The highest BCUT2D eigenvalue weighted by Gasteiger charge is 2.19. The van der Waals surface area contributed by atoms with Gasteiger partial charge in [-0.1, -0.05) is 23.5 Å². The third-order valence-electron chi connectivity index (χ3n) is 5.30. The first-order valence-electron chi connectivity index (χ1n) is 10.5. The van der Waals surface area contributed by atoms with E-state index in [-0.39, 0.29) is 11.5 Å². The number of carbonyl (C=O) groups is 1. The summed E-state index contributed by atoms with van der Waals surface area (Å²) in [5.74, 6) is 0.462. The van der Waals surface area contributed by atoms with Crippen LogP contribution in [-0.2, 0) is 11.2 Å². The van der Waals surface area contributed by atoms with Crippen LogP contribution in [0.2, 0.25) is 0 Å². The summed E-state index contributed by atoms with van der Waals surface area (Å²) in [5, 5.41) is 13.5. The van der Waals surface area contributed by atoms with Gasteiger partial charge in [-0.15, -0.1) is 11.3 Å². The molecule has 0 radical (unpaired) electrons. The molecule has 3 aromatic heterocycles. The van der Waals surface area contributed by atoms with Crippen LogP contribution in [0.15, 0.2) is 46.0 Å². The van der Waals surface area contributed by atoms with Crippen molar-refractivity contribution in [3.05, 3.63) is 57.3 Å². The summed E-state index contributed by atoms with van der Waals surface area (Å²) in [7, 11) is 0. The summed E-state index contributed by atoms with van der Waals surface area (Å²) in [6, 6.07) is 8.23. The third kappa shape index (κ3) is 4.78. The number of rotatable bonds is 6. The molecule has 170 valence electrons. The molecule has 0 bridgehead atoms. The van der Waals surface area contributed by atoms with Crippen LogP contribution in [0, 0.1) is 0 Å². The zero-order valence-electron chi connectivity index (χ0n) is 17.6. The lowest BCUT2D eigenvalue weighted by Crippen LogP contribution is -2.44. The number of thiazole rings is 1. The average Bonchev–Trinajstić information content (AvgIpc) is 3.49. The predicted octanol–water partition coefficient (Wildman–Crippen LogP) is 1.19. The quantitative estimate of drug-likeness (QED) is 0.374. The zero-order valence-corrected chi connectivity index (χ0v) is 19.2. The Balaban J connectivity index is 1.39. The molecule has 0 saturated carbocycles. The predicted molar refractivity (Wildman–Crippen MR) is 130 cm³/mol. The lowest BCUT2D eigenvalue weighted by molar-refractivity contribution is -0.117. The van der Waals surface area contributed by atoms with Gasteiger partial charge in [0.25, 0.3) is 5.56 Å². The van der Waals surface area contributed by atoms with Gasteiger partial charge < -0.3 is 21.3 Å². The van der Waals surface area contributed by atoms with E-state index in [4.69, 9.17) is 10.8 Å². The largest absolute Gasteiger partial charge is 0.354 e. The Bertz CT molecular complexity index is 1330. The molecule has 5 rings (SSSR count). The first-order valence-corrected chi connectivity index (χ1v) is 12.2. The first-order chi connectivity index (χ1) is 16.1. The van der Waals surface area contributed by atoms with Crippen molar-refractivity contribution in [3.8, 4) is 10.6 Å². The van der Waals surface area contributed by atoms with E-state index >= 15 is 0 Å². The number of carbonyl (C=O) groups excluding carboxylic acids is 1. The molecule has 4 aromatic rings. The molecule has 33 heavy (non-hydrogen) atoms. The van der Waals surface area contributed by atoms with Gasteiger partial charge in [-0.25, -0.2) is 4.98 Å². The summed E-state index contributed by atoms with van der Waals surface area (Å²) in [4.78, 5) is 35.7. The Hall–Kier alpha value is -3.19. The molecule has 12 heteroatoms. The van der Waals surface area contributed by atoms with E-state index in [1.54, 1.807) is 16.1 Å². The van der Waals surface area contributed by atoms with Crippen LogP contribution in [-0.4, -0.2) is 57.7 Å². The molecular weight excluding hydrogens is 460 g/mol. The average molecular weight is 483 g/mol. The molecule has 4 N–H and O–H groups in total. The van der Waals surface area contributed by atoms with Gasteiger partial charge in [0, 0.05) is 55.3 Å². The summed E-state index contributed by atoms with van der Waals surface area (Å²) in [6.45, 7) is 3.28. The highest BCUT2D eigenvalue weighted by atomic mass is 32.1. The van der Waals surface area contributed by atoms with Gasteiger partial charge in [0.05, 0.1) is 17.2 Å². The standard InChI is InChI=1S/C21H22N8O2S2/c22-16(9-15-11-32-12-24-15)19(31)25-14-3-1-2-13(8-14)20-27-29-18(28-6-4-23-5-7-28)10-17(30)26-21(29)33-20/h1-3,8,10-12,16,23H,4-7,9,22H2,(H,25,31)/t16-/m1/s1. The number of anilines is 2. The van der Waals surface area contributed by atoms with Gasteiger partial charge in [-0.2, -0.15) is 14.6 Å². The molecule has 1 aromatic carbocycles. The maximum Gasteiger partial charge on any atom is 0.276 e. The fourth-order valence-corrected chi connectivity index (χ4v) is 5.13. The molecule has 1 saturated heterocycles. The Morgan fingerprint density at radius 1 is 1.27 bits per heavy atom. The summed E-state index contributed by atoms with van der Waals surface area (Å²) in [6.07, 6.45) is 0.377. The highest BCUT2D eigenvalue weighted by molar-refractivity contribution is 7.19. The van der Waals surface area contributed by atoms with E-state index in [0.29, 0.717) is 22.1 Å². The molecular formula is C21H22N8O2S2. The van der Waals surface area contributed by atoms with Crippen LogP contribution in [0.25, 0.3) is 15.5 Å². The molecule has 0 unspecified atom stereocenters. The maximum absolute atomic E-state index is 12.6. The molecule has 1 aliphatic heterocycles. The minimum Gasteiger partial charge on any atom is -0.354 e. The van der Waals surface area contributed by atoms with Crippen molar-refractivity contribution in [2.24, 2.45) is 5.73 Å². The van der Waals surface area contributed by atoms with Crippen LogP contribution >= 0.6 is 22.7 Å². The smallest absolute Gasteiger partial charge is 0.276 e. The number of nitrogens with one attached hydrogen (secondary N) is 2. The third-order valence-corrected chi connectivity index (χ3v) is 6.90. The van der Waals surface area contributed by atoms with E-state index in [1.165, 1.54) is 28.7 Å². The first kappa shape index (κ1) is 21.6. The molecule has 1 fully saturated rings. The molecule has 1 amide bonds. The highest BCUT2D eigenvalue weighted by Crippen LogP contribution is 2.28. The molecule has 4 heterocycles. The number of hydrogen-bond donors (Lipinski definition) is 3. The van der Waals surface area contributed by atoms with Crippen LogP contribution in [0.4, 0.5) is 11.5 Å². The van der Waals surface area contributed by atoms with Crippen molar-refractivity contribution < 1.29 is 4.79 Å². The van der Waals surface area contributed by atoms with Crippen LogP contribution < -0.4 is 26.8 Å². The van der Waals surface area contributed by atoms with Crippen molar-refractivity contribution in [1.82, 2.24) is 24.9 Å². The van der Waals surface area contributed by atoms with E-state index < -0.39 is 6.04 Å². The normalized spacial score (nSPS) is 15.0. The zero-order chi connectivity index (χ0) is 22.8. The Morgan fingerprint density at radius 3 is 2.91 bits per heavy atom. The number of nitrogens with zero attached hydrogens (tertiary/aromatic N) is 5. The fourth-order valence-electron chi connectivity index (χ4n) is 3.66.